The third-order valence-electron chi connectivity index (χ3n) is 5.38. The summed E-state index contributed by atoms with van der Waals surface area (Å²) in [5, 5.41) is 4.03. The monoisotopic (exact) mass is 379 g/mol. The Morgan fingerprint density at radius 1 is 1.29 bits per heavy atom. The van der Waals surface area contributed by atoms with Gasteiger partial charge >= 0.3 is 0 Å². The van der Waals surface area contributed by atoms with Gasteiger partial charge in [0.05, 0.1) is 12.5 Å². The zero-order chi connectivity index (χ0) is 19.3. The van der Waals surface area contributed by atoms with Gasteiger partial charge in [-0.05, 0) is 43.4 Å². The van der Waals surface area contributed by atoms with E-state index >= 15 is 0 Å². The van der Waals surface area contributed by atoms with Crippen LogP contribution in [0.15, 0.2) is 42.9 Å². The van der Waals surface area contributed by atoms with Crippen LogP contribution in [0.25, 0.3) is 11.0 Å². The van der Waals surface area contributed by atoms with Crippen LogP contribution in [-0.2, 0) is 4.79 Å². The molecule has 0 radical (unpaired) electrons. The quantitative estimate of drug-likeness (QED) is 0.684. The molecule has 4 rings (SSSR count). The standard InChI is InChI=1S/C21H25N5O2/c1-28-17-4-2-3-16(13-17)25-19(27)6-5-15-8-11-26(12-9-15)21-18-7-10-22-20(18)23-14-24-21/h2-4,7,10,13-15H,5-6,8-9,11-12H2,1H3,(H,25,27)(H,22,23,24). The highest BCUT2D eigenvalue weighted by atomic mass is 16.5. The van der Waals surface area contributed by atoms with Crippen molar-refractivity contribution in [3.63, 3.8) is 0 Å². The van der Waals surface area contributed by atoms with Crippen molar-refractivity contribution in [2.45, 2.75) is 25.7 Å². The van der Waals surface area contributed by atoms with Crippen molar-refractivity contribution in [2.75, 3.05) is 30.4 Å². The number of ether oxygens (including phenoxy) is 1. The molecule has 0 unspecified atom stereocenters. The van der Waals surface area contributed by atoms with E-state index in [-0.39, 0.29) is 5.91 Å². The van der Waals surface area contributed by atoms with Crippen LogP contribution < -0.4 is 15.0 Å². The highest BCUT2D eigenvalue weighted by molar-refractivity contribution is 5.91. The number of rotatable bonds is 6. The first kappa shape index (κ1) is 18.3. The lowest BCUT2D eigenvalue weighted by atomic mass is 9.92. The lowest BCUT2D eigenvalue weighted by Gasteiger charge is -2.33. The van der Waals surface area contributed by atoms with Gasteiger partial charge in [-0.15, -0.1) is 0 Å². The van der Waals surface area contributed by atoms with E-state index < -0.39 is 0 Å². The average Bonchev–Trinajstić information content (AvgIpc) is 3.22. The van der Waals surface area contributed by atoms with Crippen LogP contribution in [0.3, 0.4) is 0 Å². The first-order valence-corrected chi connectivity index (χ1v) is 9.70. The predicted molar refractivity (Wildman–Crippen MR) is 110 cm³/mol. The van der Waals surface area contributed by atoms with Crippen LogP contribution >= 0.6 is 0 Å². The number of carbonyl (C=O) groups excluding carboxylic acids is 1. The maximum absolute atomic E-state index is 12.3. The predicted octanol–water partition coefficient (Wildman–Crippen LogP) is 3.60. The molecule has 7 nitrogen and oxygen atoms in total. The van der Waals surface area contributed by atoms with E-state index in [4.69, 9.17) is 4.74 Å². The number of carbonyl (C=O) groups is 1. The fourth-order valence-corrected chi connectivity index (χ4v) is 3.80. The summed E-state index contributed by atoms with van der Waals surface area (Å²) in [5.41, 5.74) is 1.65. The van der Waals surface area contributed by atoms with E-state index in [1.165, 1.54) is 0 Å². The van der Waals surface area contributed by atoms with Crippen LogP contribution in [0.1, 0.15) is 25.7 Å². The molecule has 1 saturated heterocycles. The molecule has 1 fully saturated rings. The molecule has 1 aromatic carbocycles. The Bertz CT molecular complexity index is 947. The summed E-state index contributed by atoms with van der Waals surface area (Å²) in [5.74, 6) is 2.36. The van der Waals surface area contributed by atoms with Crippen molar-refractivity contribution in [3.8, 4) is 5.75 Å². The van der Waals surface area contributed by atoms with Gasteiger partial charge in [0.25, 0.3) is 0 Å². The molecule has 1 aliphatic heterocycles. The fourth-order valence-electron chi connectivity index (χ4n) is 3.80. The number of anilines is 2. The minimum absolute atomic E-state index is 0.0560. The molecule has 2 aromatic heterocycles. The molecule has 2 N–H and O–H groups in total. The number of hydrogen-bond donors (Lipinski definition) is 2. The van der Waals surface area contributed by atoms with Gasteiger partial charge in [0.1, 0.15) is 23.5 Å². The molecule has 0 saturated carbocycles. The maximum Gasteiger partial charge on any atom is 0.224 e. The normalized spacial score (nSPS) is 15.0. The molecule has 146 valence electrons. The van der Waals surface area contributed by atoms with E-state index in [1.807, 2.05) is 36.5 Å². The summed E-state index contributed by atoms with van der Waals surface area (Å²) in [7, 11) is 1.62. The van der Waals surface area contributed by atoms with Crippen molar-refractivity contribution in [1.82, 2.24) is 15.0 Å². The molecule has 1 amide bonds. The summed E-state index contributed by atoms with van der Waals surface area (Å²) in [6, 6.07) is 9.48. The third-order valence-corrected chi connectivity index (χ3v) is 5.38. The molecular weight excluding hydrogens is 354 g/mol. The van der Waals surface area contributed by atoms with Crippen LogP contribution in [0.4, 0.5) is 11.5 Å². The van der Waals surface area contributed by atoms with Crippen molar-refractivity contribution in [3.05, 3.63) is 42.9 Å². The van der Waals surface area contributed by atoms with Gasteiger partial charge in [-0.2, -0.15) is 0 Å². The Labute approximate surface area is 164 Å². The second kappa shape index (κ2) is 8.29. The van der Waals surface area contributed by atoms with Crippen molar-refractivity contribution in [2.24, 2.45) is 5.92 Å². The number of amides is 1. The van der Waals surface area contributed by atoms with Crippen LogP contribution in [-0.4, -0.2) is 41.1 Å². The van der Waals surface area contributed by atoms with Gasteiger partial charge in [-0.3, -0.25) is 4.79 Å². The van der Waals surface area contributed by atoms with Crippen molar-refractivity contribution < 1.29 is 9.53 Å². The number of hydrogen-bond acceptors (Lipinski definition) is 5. The molecule has 0 bridgehead atoms. The molecular formula is C21H25N5O2. The van der Waals surface area contributed by atoms with E-state index in [2.05, 4.69) is 25.2 Å². The first-order valence-electron chi connectivity index (χ1n) is 9.70. The van der Waals surface area contributed by atoms with E-state index in [9.17, 15) is 4.79 Å². The SMILES string of the molecule is COc1cccc(NC(=O)CCC2CCN(c3ncnc4[nH]ccc34)CC2)c1. The molecule has 28 heavy (non-hydrogen) atoms. The summed E-state index contributed by atoms with van der Waals surface area (Å²) < 4.78 is 5.19. The van der Waals surface area contributed by atoms with Crippen molar-refractivity contribution in [1.29, 1.82) is 0 Å². The first-order chi connectivity index (χ1) is 13.7. The van der Waals surface area contributed by atoms with Gasteiger partial charge in [0, 0.05) is 37.5 Å². The molecule has 0 atom stereocenters. The maximum atomic E-state index is 12.3. The number of fused-ring (bicyclic) bond motifs is 1. The van der Waals surface area contributed by atoms with Crippen LogP contribution in [0.2, 0.25) is 0 Å². The number of methoxy groups -OCH3 is 1. The van der Waals surface area contributed by atoms with Crippen LogP contribution in [0, 0.1) is 5.92 Å². The van der Waals surface area contributed by atoms with Gasteiger partial charge in [-0.25, -0.2) is 9.97 Å². The number of nitrogens with one attached hydrogen (secondary N) is 2. The Morgan fingerprint density at radius 2 is 2.14 bits per heavy atom. The number of nitrogens with zero attached hydrogens (tertiary/aromatic N) is 3. The third kappa shape index (κ3) is 4.08. The van der Waals surface area contributed by atoms with Crippen LogP contribution in [0.5, 0.6) is 5.75 Å². The van der Waals surface area contributed by atoms with E-state index in [1.54, 1.807) is 13.4 Å². The number of aromatic amines is 1. The number of piperidine rings is 1. The zero-order valence-corrected chi connectivity index (χ0v) is 16.0. The number of aromatic nitrogens is 3. The summed E-state index contributed by atoms with van der Waals surface area (Å²) >= 11 is 0. The van der Waals surface area contributed by atoms with Gasteiger partial charge in [-0.1, -0.05) is 6.07 Å². The Kier molecular flexibility index (Phi) is 5.41. The fraction of sp³-hybridized carbons (Fsp3) is 0.381. The Morgan fingerprint density at radius 3 is 2.96 bits per heavy atom. The largest absolute Gasteiger partial charge is 0.497 e. The second-order valence-corrected chi connectivity index (χ2v) is 7.19. The molecule has 3 heterocycles. The van der Waals surface area contributed by atoms with Gasteiger partial charge in [0.15, 0.2) is 0 Å². The minimum Gasteiger partial charge on any atom is -0.497 e. The molecule has 3 aromatic rings. The number of benzene rings is 1. The van der Waals surface area contributed by atoms with Gasteiger partial charge < -0.3 is 19.9 Å². The smallest absolute Gasteiger partial charge is 0.224 e. The lowest BCUT2D eigenvalue weighted by Crippen LogP contribution is -2.34. The summed E-state index contributed by atoms with van der Waals surface area (Å²) in [6.07, 6.45) is 7.11. The second-order valence-electron chi connectivity index (χ2n) is 7.19. The molecule has 0 spiro atoms. The van der Waals surface area contributed by atoms with E-state index in [0.29, 0.717) is 12.3 Å². The highest BCUT2D eigenvalue weighted by Gasteiger charge is 2.22. The average molecular weight is 379 g/mol. The summed E-state index contributed by atoms with van der Waals surface area (Å²) in [6.45, 7) is 1.92. The Hall–Kier alpha value is -3.09. The molecule has 7 heteroatoms. The van der Waals surface area contributed by atoms with E-state index in [0.717, 1.165) is 60.6 Å². The minimum atomic E-state index is 0.0560. The summed E-state index contributed by atoms with van der Waals surface area (Å²) in [4.78, 5) is 26.5. The number of H-pyrrole nitrogens is 1. The van der Waals surface area contributed by atoms with Crippen molar-refractivity contribution >= 4 is 28.4 Å². The topological polar surface area (TPSA) is 83.1 Å². The zero-order valence-electron chi connectivity index (χ0n) is 16.0. The van der Waals surface area contributed by atoms with Gasteiger partial charge in [0.2, 0.25) is 5.91 Å². The lowest BCUT2D eigenvalue weighted by molar-refractivity contribution is -0.116. The highest BCUT2D eigenvalue weighted by Crippen LogP contribution is 2.28. The Balaban J connectivity index is 1.26. The molecule has 1 aliphatic rings. The molecule has 0 aliphatic carbocycles.